The summed E-state index contributed by atoms with van der Waals surface area (Å²) in [6.45, 7) is 3.86. The summed E-state index contributed by atoms with van der Waals surface area (Å²) in [7, 11) is 0. The molecule has 1 N–H and O–H groups in total. The molecule has 0 spiro atoms. The Kier molecular flexibility index (Phi) is 5.95. The molecule has 0 radical (unpaired) electrons. The second-order valence-corrected chi connectivity index (χ2v) is 8.22. The number of amides is 1. The van der Waals surface area contributed by atoms with Crippen molar-refractivity contribution in [2.75, 3.05) is 5.32 Å². The van der Waals surface area contributed by atoms with Crippen LogP contribution in [0.25, 0.3) is 17.1 Å². The molecule has 3 aromatic carbocycles. The van der Waals surface area contributed by atoms with Gasteiger partial charge in [-0.25, -0.2) is 0 Å². The van der Waals surface area contributed by atoms with Gasteiger partial charge in [-0.15, -0.1) is 10.2 Å². The van der Waals surface area contributed by atoms with Crippen LogP contribution in [0.1, 0.15) is 12.5 Å². The summed E-state index contributed by atoms with van der Waals surface area (Å²) in [6, 6.07) is 27.6. The molecule has 4 aromatic rings. The Bertz CT molecular complexity index is 1140. The SMILES string of the molecule is Cc1ccccc1NC(=O)C(C)Sc1nnc(-c2ccccc2)n1-c1ccccc1. The normalized spacial score (nSPS) is 11.8. The smallest absolute Gasteiger partial charge is 0.237 e. The van der Waals surface area contributed by atoms with Crippen molar-refractivity contribution < 1.29 is 4.79 Å². The van der Waals surface area contributed by atoms with Gasteiger partial charge in [0.2, 0.25) is 5.91 Å². The number of rotatable bonds is 6. The lowest BCUT2D eigenvalue weighted by molar-refractivity contribution is -0.115. The standard InChI is InChI=1S/C24H22N4OS/c1-17-11-9-10-16-21(17)25-23(29)18(2)30-24-27-26-22(19-12-5-3-6-13-19)28(24)20-14-7-4-8-15-20/h3-16,18H,1-2H3,(H,25,29). The maximum Gasteiger partial charge on any atom is 0.237 e. The van der Waals surface area contributed by atoms with E-state index in [4.69, 9.17) is 0 Å². The summed E-state index contributed by atoms with van der Waals surface area (Å²) in [6.07, 6.45) is 0. The number of anilines is 1. The molecule has 1 atom stereocenters. The van der Waals surface area contributed by atoms with E-state index in [2.05, 4.69) is 15.5 Å². The average molecular weight is 415 g/mol. The molecular weight excluding hydrogens is 392 g/mol. The molecule has 0 fully saturated rings. The highest BCUT2D eigenvalue weighted by molar-refractivity contribution is 8.00. The Morgan fingerprint density at radius 1 is 0.900 bits per heavy atom. The number of thioether (sulfide) groups is 1. The van der Waals surface area contributed by atoms with Crippen molar-refractivity contribution >= 4 is 23.4 Å². The van der Waals surface area contributed by atoms with E-state index in [1.165, 1.54) is 11.8 Å². The highest BCUT2D eigenvalue weighted by atomic mass is 32.2. The first-order chi connectivity index (χ1) is 14.6. The Hall–Kier alpha value is -3.38. The number of carbonyl (C=O) groups excluding carboxylic acids is 1. The molecule has 30 heavy (non-hydrogen) atoms. The number of nitrogens with one attached hydrogen (secondary N) is 1. The summed E-state index contributed by atoms with van der Waals surface area (Å²) >= 11 is 1.39. The van der Waals surface area contributed by atoms with E-state index in [9.17, 15) is 4.79 Å². The van der Waals surface area contributed by atoms with Crippen LogP contribution in [0, 0.1) is 6.92 Å². The fourth-order valence-corrected chi connectivity index (χ4v) is 3.96. The zero-order chi connectivity index (χ0) is 20.9. The van der Waals surface area contributed by atoms with Crippen LogP contribution in [0.4, 0.5) is 5.69 Å². The van der Waals surface area contributed by atoms with Crippen molar-refractivity contribution in [2.45, 2.75) is 24.3 Å². The number of aryl methyl sites for hydroxylation is 1. The van der Waals surface area contributed by atoms with Gasteiger partial charge in [0, 0.05) is 16.9 Å². The van der Waals surface area contributed by atoms with Gasteiger partial charge in [0.15, 0.2) is 11.0 Å². The second-order valence-electron chi connectivity index (χ2n) is 6.91. The van der Waals surface area contributed by atoms with Crippen molar-refractivity contribution in [3.05, 3.63) is 90.5 Å². The van der Waals surface area contributed by atoms with E-state index in [1.54, 1.807) is 0 Å². The van der Waals surface area contributed by atoms with E-state index < -0.39 is 0 Å². The maximum atomic E-state index is 12.8. The minimum Gasteiger partial charge on any atom is -0.325 e. The topological polar surface area (TPSA) is 59.8 Å². The van der Waals surface area contributed by atoms with Crippen LogP contribution in [-0.2, 0) is 4.79 Å². The second kappa shape index (κ2) is 8.97. The van der Waals surface area contributed by atoms with Crippen molar-refractivity contribution in [3.63, 3.8) is 0 Å². The van der Waals surface area contributed by atoms with Crippen molar-refractivity contribution in [1.29, 1.82) is 0 Å². The molecule has 5 nitrogen and oxygen atoms in total. The Balaban J connectivity index is 1.63. The fraction of sp³-hybridized carbons (Fsp3) is 0.125. The third-order valence-electron chi connectivity index (χ3n) is 4.73. The molecule has 1 heterocycles. The molecule has 0 aliphatic rings. The van der Waals surface area contributed by atoms with Crippen molar-refractivity contribution in [3.8, 4) is 17.1 Å². The van der Waals surface area contributed by atoms with Crippen LogP contribution in [0.15, 0.2) is 90.1 Å². The van der Waals surface area contributed by atoms with E-state index in [0.717, 1.165) is 28.3 Å². The van der Waals surface area contributed by atoms with Crippen LogP contribution in [0.2, 0.25) is 0 Å². The Morgan fingerprint density at radius 2 is 1.53 bits per heavy atom. The molecule has 0 aliphatic carbocycles. The summed E-state index contributed by atoms with van der Waals surface area (Å²) in [4.78, 5) is 12.8. The van der Waals surface area contributed by atoms with Crippen molar-refractivity contribution in [1.82, 2.24) is 14.8 Å². The zero-order valence-electron chi connectivity index (χ0n) is 16.8. The maximum absolute atomic E-state index is 12.8. The van der Waals surface area contributed by atoms with E-state index in [-0.39, 0.29) is 11.2 Å². The zero-order valence-corrected chi connectivity index (χ0v) is 17.6. The number of hydrogen-bond donors (Lipinski definition) is 1. The molecule has 150 valence electrons. The third kappa shape index (κ3) is 4.28. The molecule has 1 aromatic heterocycles. The van der Waals surface area contributed by atoms with Gasteiger partial charge in [0.25, 0.3) is 0 Å². The molecule has 0 saturated carbocycles. The number of aromatic nitrogens is 3. The number of benzene rings is 3. The molecule has 4 rings (SSSR count). The van der Waals surface area contributed by atoms with Crippen molar-refractivity contribution in [2.24, 2.45) is 0 Å². The molecule has 0 bridgehead atoms. The predicted octanol–water partition coefficient (Wildman–Crippen LogP) is 5.36. The van der Waals surface area contributed by atoms with E-state index in [0.29, 0.717) is 5.16 Å². The monoisotopic (exact) mass is 414 g/mol. The van der Waals surface area contributed by atoms with Gasteiger partial charge >= 0.3 is 0 Å². The quantitative estimate of drug-likeness (QED) is 0.431. The summed E-state index contributed by atoms with van der Waals surface area (Å²) in [5.74, 6) is 0.675. The largest absolute Gasteiger partial charge is 0.325 e. The Morgan fingerprint density at radius 3 is 2.23 bits per heavy atom. The number of nitrogens with zero attached hydrogens (tertiary/aromatic N) is 3. The first kappa shape index (κ1) is 19.9. The molecule has 1 amide bonds. The van der Waals surface area contributed by atoms with Gasteiger partial charge in [-0.2, -0.15) is 0 Å². The Labute approximate surface area is 180 Å². The summed E-state index contributed by atoms with van der Waals surface area (Å²) in [5, 5.41) is 12.2. The summed E-state index contributed by atoms with van der Waals surface area (Å²) < 4.78 is 2.00. The first-order valence-electron chi connectivity index (χ1n) is 9.73. The number of carbonyl (C=O) groups is 1. The van der Waals surface area contributed by atoms with Gasteiger partial charge in [0.1, 0.15) is 0 Å². The lowest BCUT2D eigenvalue weighted by atomic mass is 10.2. The molecular formula is C24H22N4OS. The van der Waals surface area contributed by atoms with E-state index >= 15 is 0 Å². The van der Waals surface area contributed by atoms with Gasteiger partial charge in [0.05, 0.1) is 5.25 Å². The first-order valence-corrected chi connectivity index (χ1v) is 10.6. The molecule has 0 aliphatic heterocycles. The fourth-order valence-electron chi connectivity index (χ4n) is 3.09. The highest BCUT2D eigenvalue weighted by Gasteiger charge is 2.22. The summed E-state index contributed by atoms with van der Waals surface area (Å²) in [5.41, 5.74) is 3.78. The van der Waals surface area contributed by atoms with Gasteiger partial charge < -0.3 is 5.32 Å². The molecule has 6 heteroatoms. The minimum atomic E-state index is -0.347. The lowest BCUT2D eigenvalue weighted by Crippen LogP contribution is -2.23. The number of hydrogen-bond acceptors (Lipinski definition) is 4. The van der Waals surface area contributed by atoms with Crippen LogP contribution < -0.4 is 5.32 Å². The van der Waals surface area contributed by atoms with Crippen LogP contribution in [0.5, 0.6) is 0 Å². The average Bonchev–Trinajstić information content (AvgIpc) is 3.20. The van der Waals surface area contributed by atoms with Crippen LogP contribution >= 0.6 is 11.8 Å². The predicted molar refractivity (Wildman–Crippen MR) is 122 cm³/mol. The van der Waals surface area contributed by atoms with Gasteiger partial charge in [-0.1, -0.05) is 78.5 Å². The molecule has 0 saturated heterocycles. The van der Waals surface area contributed by atoms with Crippen LogP contribution in [-0.4, -0.2) is 25.9 Å². The van der Waals surface area contributed by atoms with Crippen LogP contribution in [0.3, 0.4) is 0 Å². The lowest BCUT2D eigenvalue weighted by Gasteiger charge is -2.15. The van der Waals surface area contributed by atoms with Gasteiger partial charge in [-0.3, -0.25) is 9.36 Å². The number of para-hydroxylation sites is 2. The highest BCUT2D eigenvalue weighted by Crippen LogP contribution is 2.30. The minimum absolute atomic E-state index is 0.0711. The third-order valence-corrected chi connectivity index (χ3v) is 5.78. The molecule has 1 unspecified atom stereocenters. The van der Waals surface area contributed by atoms with E-state index in [1.807, 2.05) is 103 Å². The van der Waals surface area contributed by atoms with Gasteiger partial charge in [-0.05, 0) is 37.6 Å².